The molecule has 0 aromatic carbocycles. The largest absolute Gasteiger partial charge is 0.378 e. The Bertz CT molecular complexity index is 334. The lowest BCUT2D eigenvalue weighted by atomic mass is 9.88. The number of aromatic nitrogens is 1. The Kier molecular flexibility index (Phi) is 3.95. The summed E-state index contributed by atoms with van der Waals surface area (Å²) >= 11 is 1.78. The van der Waals surface area contributed by atoms with Crippen LogP contribution >= 0.6 is 11.3 Å². The second kappa shape index (κ2) is 5.25. The van der Waals surface area contributed by atoms with Crippen molar-refractivity contribution in [3.63, 3.8) is 0 Å². The molecule has 0 amide bonds. The summed E-state index contributed by atoms with van der Waals surface area (Å²) in [5.74, 6) is 0. The SMILES string of the molecule is CCOC1CC(NC(C)c2ncc(C)s2)C1. The van der Waals surface area contributed by atoms with Crippen LogP contribution in [0.1, 0.15) is 42.6 Å². The highest BCUT2D eigenvalue weighted by atomic mass is 32.1. The van der Waals surface area contributed by atoms with E-state index in [9.17, 15) is 0 Å². The lowest BCUT2D eigenvalue weighted by Gasteiger charge is -2.37. The molecule has 1 heterocycles. The minimum Gasteiger partial charge on any atom is -0.378 e. The van der Waals surface area contributed by atoms with Gasteiger partial charge < -0.3 is 10.1 Å². The normalized spacial score (nSPS) is 26.4. The van der Waals surface area contributed by atoms with Gasteiger partial charge in [0, 0.05) is 23.7 Å². The molecule has 1 atom stereocenters. The van der Waals surface area contributed by atoms with E-state index >= 15 is 0 Å². The lowest BCUT2D eigenvalue weighted by Crippen LogP contribution is -2.46. The Labute approximate surface area is 101 Å². The minimum absolute atomic E-state index is 0.367. The van der Waals surface area contributed by atoms with Gasteiger partial charge in [-0.15, -0.1) is 11.3 Å². The minimum atomic E-state index is 0.367. The first-order valence-corrected chi connectivity index (χ1v) is 6.80. The predicted octanol–water partition coefficient (Wildman–Crippen LogP) is 2.67. The third kappa shape index (κ3) is 2.81. The molecule has 1 N–H and O–H groups in total. The highest BCUT2D eigenvalue weighted by molar-refractivity contribution is 7.11. The molecule has 2 rings (SSSR count). The number of aryl methyl sites for hydroxylation is 1. The van der Waals surface area contributed by atoms with Crippen LogP contribution in [0, 0.1) is 6.92 Å². The fourth-order valence-corrected chi connectivity index (χ4v) is 2.86. The number of rotatable bonds is 5. The molecule has 0 radical (unpaired) electrons. The number of hydrogen-bond donors (Lipinski definition) is 1. The molecule has 90 valence electrons. The molecule has 1 fully saturated rings. The highest BCUT2D eigenvalue weighted by Gasteiger charge is 2.30. The zero-order valence-corrected chi connectivity index (χ0v) is 11.0. The Morgan fingerprint density at radius 3 is 2.94 bits per heavy atom. The highest BCUT2D eigenvalue weighted by Crippen LogP contribution is 2.27. The molecule has 1 aliphatic carbocycles. The number of thiazole rings is 1. The van der Waals surface area contributed by atoms with Gasteiger partial charge in [-0.1, -0.05) is 0 Å². The average Bonchev–Trinajstić information content (AvgIpc) is 2.61. The molecule has 1 aromatic heterocycles. The summed E-state index contributed by atoms with van der Waals surface area (Å²) in [6.07, 6.45) is 4.71. The van der Waals surface area contributed by atoms with E-state index in [-0.39, 0.29) is 0 Å². The van der Waals surface area contributed by atoms with Crippen LogP contribution in [-0.4, -0.2) is 23.7 Å². The monoisotopic (exact) mass is 240 g/mol. The number of nitrogens with zero attached hydrogens (tertiary/aromatic N) is 1. The van der Waals surface area contributed by atoms with Crippen molar-refractivity contribution in [3.05, 3.63) is 16.1 Å². The topological polar surface area (TPSA) is 34.1 Å². The van der Waals surface area contributed by atoms with Crippen LogP contribution in [0.25, 0.3) is 0 Å². The molecule has 16 heavy (non-hydrogen) atoms. The molecular weight excluding hydrogens is 220 g/mol. The second-order valence-corrected chi connectivity index (χ2v) is 5.71. The second-order valence-electron chi connectivity index (χ2n) is 4.44. The Morgan fingerprint density at radius 1 is 1.62 bits per heavy atom. The molecule has 0 aliphatic heterocycles. The van der Waals surface area contributed by atoms with Crippen LogP contribution in [0.15, 0.2) is 6.20 Å². The Morgan fingerprint density at radius 2 is 2.38 bits per heavy atom. The van der Waals surface area contributed by atoms with Crippen LogP contribution in [-0.2, 0) is 4.74 Å². The average molecular weight is 240 g/mol. The summed E-state index contributed by atoms with van der Waals surface area (Å²) in [6.45, 7) is 7.18. The maximum Gasteiger partial charge on any atom is 0.109 e. The molecule has 0 saturated heterocycles. The Balaban J connectivity index is 1.75. The molecule has 1 aliphatic rings. The fraction of sp³-hybridized carbons (Fsp3) is 0.750. The van der Waals surface area contributed by atoms with Gasteiger partial charge in [0.25, 0.3) is 0 Å². The summed E-state index contributed by atoms with van der Waals surface area (Å²) in [7, 11) is 0. The van der Waals surface area contributed by atoms with Gasteiger partial charge >= 0.3 is 0 Å². The number of ether oxygens (including phenoxy) is 1. The first-order chi connectivity index (χ1) is 7.69. The van der Waals surface area contributed by atoms with Gasteiger partial charge in [0.2, 0.25) is 0 Å². The molecule has 0 spiro atoms. The summed E-state index contributed by atoms with van der Waals surface area (Å²) in [4.78, 5) is 5.69. The van der Waals surface area contributed by atoms with Crippen molar-refractivity contribution < 1.29 is 4.74 Å². The van der Waals surface area contributed by atoms with Crippen molar-refractivity contribution in [2.24, 2.45) is 0 Å². The summed E-state index contributed by atoms with van der Waals surface area (Å²) in [5, 5.41) is 4.79. The lowest BCUT2D eigenvalue weighted by molar-refractivity contribution is -0.0120. The first kappa shape index (κ1) is 12.0. The molecular formula is C12H20N2OS. The molecule has 4 heteroatoms. The maximum absolute atomic E-state index is 5.55. The Hall–Kier alpha value is -0.450. The van der Waals surface area contributed by atoms with Gasteiger partial charge in [-0.2, -0.15) is 0 Å². The van der Waals surface area contributed by atoms with Gasteiger partial charge in [0.15, 0.2) is 0 Å². The van der Waals surface area contributed by atoms with E-state index in [4.69, 9.17) is 4.74 Å². The zero-order valence-electron chi connectivity index (χ0n) is 10.2. The number of hydrogen-bond acceptors (Lipinski definition) is 4. The van der Waals surface area contributed by atoms with Gasteiger partial charge in [-0.05, 0) is 33.6 Å². The fourth-order valence-electron chi connectivity index (χ4n) is 2.07. The van der Waals surface area contributed by atoms with E-state index in [2.05, 4.69) is 31.1 Å². The van der Waals surface area contributed by atoms with Crippen LogP contribution in [0.4, 0.5) is 0 Å². The van der Waals surface area contributed by atoms with E-state index in [1.807, 2.05) is 6.20 Å². The summed E-state index contributed by atoms with van der Waals surface area (Å²) < 4.78 is 5.55. The smallest absolute Gasteiger partial charge is 0.109 e. The van der Waals surface area contributed by atoms with Gasteiger partial charge in [0.05, 0.1) is 12.1 Å². The van der Waals surface area contributed by atoms with Crippen molar-refractivity contribution in [2.45, 2.75) is 51.8 Å². The molecule has 1 aromatic rings. The molecule has 0 bridgehead atoms. The van der Waals surface area contributed by atoms with E-state index in [1.165, 1.54) is 9.88 Å². The van der Waals surface area contributed by atoms with E-state index in [1.54, 1.807) is 11.3 Å². The first-order valence-electron chi connectivity index (χ1n) is 5.99. The number of nitrogens with one attached hydrogen (secondary N) is 1. The van der Waals surface area contributed by atoms with E-state index in [0.717, 1.165) is 19.4 Å². The summed E-state index contributed by atoms with van der Waals surface area (Å²) in [6, 6.07) is 0.974. The van der Waals surface area contributed by atoms with Crippen LogP contribution in [0.5, 0.6) is 0 Å². The van der Waals surface area contributed by atoms with Crippen molar-refractivity contribution in [1.29, 1.82) is 0 Å². The van der Waals surface area contributed by atoms with Crippen molar-refractivity contribution >= 4 is 11.3 Å². The summed E-state index contributed by atoms with van der Waals surface area (Å²) in [5.41, 5.74) is 0. The van der Waals surface area contributed by atoms with Gasteiger partial charge in [-0.25, -0.2) is 4.98 Å². The van der Waals surface area contributed by atoms with Gasteiger partial charge in [-0.3, -0.25) is 0 Å². The third-order valence-electron chi connectivity index (χ3n) is 2.99. The molecule has 1 unspecified atom stereocenters. The van der Waals surface area contributed by atoms with Crippen LogP contribution < -0.4 is 5.32 Å². The maximum atomic E-state index is 5.55. The predicted molar refractivity (Wildman–Crippen MR) is 66.8 cm³/mol. The van der Waals surface area contributed by atoms with E-state index < -0.39 is 0 Å². The third-order valence-corrected chi connectivity index (χ3v) is 4.09. The quantitative estimate of drug-likeness (QED) is 0.859. The van der Waals surface area contributed by atoms with Crippen molar-refractivity contribution in [3.8, 4) is 0 Å². The van der Waals surface area contributed by atoms with Crippen molar-refractivity contribution in [2.75, 3.05) is 6.61 Å². The van der Waals surface area contributed by atoms with Crippen LogP contribution in [0.3, 0.4) is 0 Å². The van der Waals surface area contributed by atoms with Gasteiger partial charge in [0.1, 0.15) is 5.01 Å². The molecule has 1 saturated carbocycles. The standard InChI is InChI=1S/C12H20N2OS/c1-4-15-11-5-10(6-11)14-9(3)12-13-7-8(2)16-12/h7,9-11,14H,4-6H2,1-3H3. The van der Waals surface area contributed by atoms with E-state index in [0.29, 0.717) is 18.2 Å². The van der Waals surface area contributed by atoms with Crippen molar-refractivity contribution in [1.82, 2.24) is 10.3 Å². The zero-order chi connectivity index (χ0) is 11.5. The van der Waals surface area contributed by atoms with Crippen LogP contribution in [0.2, 0.25) is 0 Å². The molecule has 3 nitrogen and oxygen atoms in total.